The molecule has 0 aliphatic heterocycles. The van der Waals surface area contributed by atoms with Gasteiger partial charge in [-0.15, -0.1) is 11.3 Å². The van der Waals surface area contributed by atoms with Gasteiger partial charge in [0.25, 0.3) is 5.91 Å². The van der Waals surface area contributed by atoms with E-state index in [4.69, 9.17) is 5.73 Å². The van der Waals surface area contributed by atoms with Crippen molar-refractivity contribution >= 4 is 39.1 Å². The SMILES string of the molecule is NC(=O)c1csc(C(=O)NCc2cc(Br)ccc2F)c1. The van der Waals surface area contributed by atoms with Crippen LogP contribution in [0, 0.1) is 5.82 Å². The summed E-state index contributed by atoms with van der Waals surface area (Å²) in [7, 11) is 0. The maximum atomic E-state index is 13.5. The lowest BCUT2D eigenvalue weighted by Gasteiger charge is -2.05. The van der Waals surface area contributed by atoms with Crippen molar-refractivity contribution in [3.63, 3.8) is 0 Å². The number of nitrogens with one attached hydrogen (secondary N) is 1. The molecule has 0 saturated heterocycles. The minimum absolute atomic E-state index is 0.0634. The van der Waals surface area contributed by atoms with E-state index in [2.05, 4.69) is 21.2 Å². The topological polar surface area (TPSA) is 72.2 Å². The summed E-state index contributed by atoms with van der Waals surface area (Å²) >= 11 is 4.35. The third-order valence-corrected chi connectivity index (χ3v) is 3.98. The van der Waals surface area contributed by atoms with Crippen LogP contribution in [-0.4, -0.2) is 11.8 Å². The van der Waals surface area contributed by atoms with Crippen molar-refractivity contribution in [3.05, 3.63) is 55.9 Å². The molecule has 0 saturated carbocycles. The number of halogens is 2. The van der Waals surface area contributed by atoms with Crippen LogP contribution in [0.3, 0.4) is 0 Å². The highest BCUT2D eigenvalue weighted by Gasteiger charge is 2.12. The quantitative estimate of drug-likeness (QED) is 0.883. The van der Waals surface area contributed by atoms with Crippen LogP contribution < -0.4 is 11.1 Å². The monoisotopic (exact) mass is 356 g/mol. The smallest absolute Gasteiger partial charge is 0.261 e. The van der Waals surface area contributed by atoms with Crippen LogP contribution in [0.5, 0.6) is 0 Å². The second kappa shape index (κ2) is 6.15. The number of amides is 2. The van der Waals surface area contributed by atoms with Gasteiger partial charge in [0, 0.05) is 22.0 Å². The minimum atomic E-state index is -0.585. The number of primary amides is 1. The van der Waals surface area contributed by atoms with E-state index in [1.54, 1.807) is 12.1 Å². The van der Waals surface area contributed by atoms with Crippen LogP contribution in [-0.2, 0) is 6.54 Å². The van der Waals surface area contributed by atoms with Gasteiger partial charge < -0.3 is 11.1 Å². The highest BCUT2D eigenvalue weighted by molar-refractivity contribution is 9.10. The Morgan fingerprint density at radius 2 is 2.10 bits per heavy atom. The number of thiophene rings is 1. The van der Waals surface area contributed by atoms with Crippen LogP contribution in [0.25, 0.3) is 0 Å². The molecular formula is C13H10BrFN2O2S. The van der Waals surface area contributed by atoms with Gasteiger partial charge in [-0.1, -0.05) is 15.9 Å². The number of rotatable bonds is 4. The molecule has 0 radical (unpaired) electrons. The molecular weight excluding hydrogens is 347 g/mol. The standard InChI is InChI=1S/C13H10BrFN2O2S/c14-9-1-2-10(15)7(3-9)5-17-13(19)11-4-8(6-20-11)12(16)18/h1-4,6H,5H2,(H2,16,18)(H,17,19). The van der Waals surface area contributed by atoms with E-state index in [0.29, 0.717) is 10.4 Å². The molecule has 104 valence electrons. The van der Waals surface area contributed by atoms with Crippen LogP contribution in [0.1, 0.15) is 25.6 Å². The molecule has 0 unspecified atom stereocenters. The van der Waals surface area contributed by atoms with Gasteiger partial charge in [0.1, 0.15) is 5.82 Å². The van der Waals surface area contributed by atoms with Gasteiger partial charge in [0.15, 0.2) is 0 Å². The van der Waals surface area contributed by atoms with Crippen molar-refractivity contribution in [2.45, 2.75) is 6.54 Å². The van der Waals surface area contributed by atoms with Gasteiger partial charge in [0.2, 0.25) is 5.91 Å². The molecule has 0 fully saturated rings. The molecule has 2 aromatic rings. The lowest BCUT2D eigenvalue weighted by Crippen LogP contribution is -2.22. The van der Waals surface area contributed by atoms with Crippen molar-refractivity contribution in [3.8, 4) is 0 Å². The van der Waals surface area contributed by atoms with Crippen molar-refractivity contribution in [1.29, 1.82) is 0 Å². The average molecular weight is 357 g/mol. The first kappa shape index (κ1) is 14.7. The molecule has 2 amide bonds. The van der Waals surface area contributed by atoms with Crippen molar-refractivity contribution in [2.75, 3.05) is 0 Å². The highest BCUT2D eigenvalue weighted by atomic mass is 79.9. The molecule has 0 aliphatic carbocycles. The number of benzene rings is 1. The van der Waals surface area contributed by atoms with Crippen LogP contribution in [0.4, 0.5) is 4.39 Å². The van der Waals surface area contributed by atoms with Gasteiger partial charge in [0.05, 0.1) is 10.4 Å². The molecule has 3 N–H and O–H groups in total. The Labute approximate surface area is 126 Å². The second-order valence-corrected chi connectivity index (χ2v) is 5.81. The van der Waals surface area contributed by atoms with Gasteiger partial charge >= 0.3 is 0 Å². The van der Waals surface area contributed by atoms with E-state index in [1.165, 1.54) is 17.5 Å². The van der Waals surface area contributed by atoms with Crippen molar-refractivity contribution < 1.29 is 14.0 Å². The molecule has 1 aromatic heterocycles. The zero-order valence-electron chi connectivity index (χ0n) is 10.2. The first-order valence-corrected chi connectivity index (χ1v) is 7.25. The number of carbonyl (C=O) groups is 2. The Balaban J connectivity index is 2.04. The van der Waals surface area contributed by atoms with Gasteiger partial charge in [-0.2, -0.15) is 0 Å². The van der Waals surface area contributed by atoms with Gasteiger partial charge in [-0.05, 0) is 24.3 Å². The second-order valence-electron chi connectivity index (χ2n) is 3.98. The average Bonchev–Trinajstić information content (AvgIpc) is 2.89. The summed E-state index contributed by atoms with van der Waals surface area (Å²) < 4.78 is 14.2. The van der Waals surface area contributed by atoms with E-state index in [1.807, 2.05) is 0 Å². The lowest BCUT2D eigenvalue weighted by atomic mass is 10.2. The summed E-state index contributed by atoms with van der Waals surface area (Å²) in [6.07, 6.45) is 0. The Morgan fingerprint density at radius 1 is 1.35 bits per heavy atom. The number of hydrogen-bond donors (Lipinski definition) is 2. The molecule has 7 heteroatoms. The Morgan fingerprint density at radius 3 is 2.75 bits per heavy atom. The van der Waals surface area contributed by atoms with Crippen LogP contribution in [0.2, 0.25) is 0 Å². The Kier molecular flexibility index (Phi) is 4.51. The van der Waals surface area contributed by atoms with Crippen LogP contribution >= 0.6 is 27.3 Å². The fourth-order valence-electron chi connectivity index (χ4n) is 1.53. The predicted molar refractivity (Wildman–Crippen MR) is 78.1 cm³/mol. The van der Waals surface area contributed by atoms with Crippen molar-refractivity contribution in [2.24, 2.45) is 5.73 Å². The number of nitrogens with two attached hydrogens (primary N) is 1. The van der Waals surface area contributed by atoms with Gasteiger partial charge in [-0.25, -0.2) is 4.39 Å². The maximum absolute atomic E-state index is 13.5. The summed E-state index contributed by atoms with van der Waals surface area (Å²) in [6, 6.07) is 5.92. The maximum Gasteiger partial charge on any atom is 0.261 e. The summed E-state index contributed by atoms with van der Waals surface area (Å²) in [4.78, 5) is 23.2. The zero-order chi connectivity index (χ0) is 14.7. The summed E-state index contributed by atoms with van der Waals surface area (Å²) in [5.41, 5.74) is 5.77. The summed E-state index contributed by atoms with van der Waals surface area (Å²) in [5.74, 6) is -1.35. The Bertz CT molecular complexity index is 672. The first-order valence-electron chi connectivity index (χ1n) is 5.58. The first-order chi connectivity index (χ1) is 9.47. The molecule has 0 bridgehead atoms. The third-order valence-electron chi connectivity index (χ3n) is 2.55. The van der Waals surface area contributed by atoms with Crippen LogP contribution in [0.15, 0.2) is 34.1 Å². The largest absolute Gasteiger partial charge is 0.366 e. The third kappa shape index (κ3) is 3.43. The highest BCUT2D eigenvalue weighted by Crippen LogP contribution is 2.17. The molecule has 4 nitrogen and oxygen atoms in total. The normalized spacial score (nSPS) is 10.3. The minimum Gasteiger partial charge on any atom is -0.366 e. The summed E-state index contributed by atoms with van der Waals surface area (Å²) in [5, 5.41) is 4.10. The van der Waals surface area contributed by atoms with E-state index in [-0.39, 0.29) is 18.0 Å². The fourth-order valence-corrected chi connectivity index (χ4v) is 2.75. The molecule has 0 aliphatic rings. The van der Waals surface area contributed by atoms with E-state index in [9.17, 15) is 14.0 Å². The zero-order valence-corrected chi connectivity index (χ0v) is 12.6. The van der Waals surface area contributed by atoms with E-state index >= 15 is 0 Å². The predicted octanol–water partition coefficient (Wildman–Crippen LogP) is 2.68. The number of carbonyl (C=O) groups excluding carboxylic acids is 2. The number of hydrogen-bond acceptors (Lipinski definition) is 3. The summed E-state index contributed by atoms with van der Waals surface area (Å²) in [6.45, 7) is 0.0634. The fraction of sp³-hybridized carbons (Fsp3) is 0.0769. The molecule has 0 atom stereocenters. The van der Waals surface area contributed by atoms with Gasteiger partial charge in [-0.3, -0.25) is 9.59 Å². The molecule has 0 spiro atoms. The lowest BCUT2D eigenvalue weighted by molar-refractivity contribution is 0.0954. The van der Waals surface area contributed by atoms with E-state index < -0.39 is 11.7 Å². The van der Waals surface area contributed by atoms with E-state index in [0.717, 1.165) is 15.8 Å². The molecule has 1 aromatic carbocycles. The molecule has 1 heterocycles. The molecule has 2 rings (SSSR count). The molecule has 20 heavy (non-hydrogen) atoms. The Hall–Kier alpha value is -1.73. The van der Waals surface area contributed by atoms with Crippen molar-refractivity contribution in [1.82, 2.24) is 5.32 Å².